The Morgan fingerprint density at radius 3 is 2.52 bits per heavy atom. The van der Waals surface area contributed by atoms with Crippen LogP contribution >= 0.6 is 0 Å². The third kappa shape index (κ3) is 3.95. The van der Waals surface area contributed by atoms with Crippen molar-refractivity contribution in [1.29, 1.82) is 0 Å². The lowest BCUT2D eigenvalue weighted by Gasteiger charge is -2.36. The predicted molar refractivity (Wildman–Crippen MR) is 84.9 cm³/mol. The number of hydrogen-bond donors (Lipinski definition) is 3. The smallest absolute Gasteiger partial charge is 0.241 e. The number of carbonyl (C=O) groups is 1. The number of aliphatic hydroxyl groups is 1. The van der Waals surface area contributed by atoms with Crippen molar-refractivity contribution in [3.05, 3.63) is 24.3 Å². The van der Waals surface area contributed by atoms with Gasteiger partial charge in [-0.3, -0.25) is 9.69 Å². The molecular weight excluding hydrogens is 266 g/mol. The Bertz CT molecular complexity index is 482. The molecule has 2 rings (SSSR count). The van der Waals surface area contributed by atoms with Gasteiger partial charge in [0.25, 0.3) is 0 Å². The summed E-state index contributed by atoms with van der Waals surface area (Å²) in [6.45, 7) is 5.44. The second-order valence-electron chi connectivity index (χ2n) is 5.87. The van der Waals surface area contributed by atoms with Crippen LogP contribution in [0.5, 0.6) is 0 Å². The summed E-state index contributed by atoms with van der Waals surface area (Å²) >= 11 is 0. The minimum atomic E-state index is -0.264. The number of piperidine rings is 1. The molecule has 4 N–H and O–H groups in total. The molecule has 1 amide bonds. The van der Waals surface area contributed by atoms with Gasteiger partial charge in [-0.05, 0) is 57.8 Å². The Hall–Kier alpha value is -1.59. The summed E-state index contributed by atoms with van der Waals surface area (Å²) in [4.78, 5) is 14.5. The number of nitrogens with one attached hydrogen (secondary N) is 1. The molecule has 1 aliphatic heterocycles. The molecule has 0 spiro atoms. The molecule has 1 heterocycles. The van der Waals surface area contributed by atoms with Crippen LogP contribution in [0.4, 0.5) is 11.4 Å². The van der Waals surface area contributed by atoms with E-state index in [1.54, 1.807) is 12.1 Å². The maximum absolute atomic E-state index is 12.3. The highest BCUT2D eigenvalue weighted by Gasteiger charge is 2.28. The number of anilines is 2. The normalized spacial score (nSPS) is 20.0. The van der Waals surface area contributed by atoms with Crippen LogP contribution in [0.3, 0.4) is 0 Å². The number of amides is 1. The van der Waals surface area contributed by atoms with Crippen LogP contribution in [-0.2, 0) is 4.79 Å². The zero-order valence-corrected chi connectivity index (χ0v) is 12.7. The van der Waals surface area contributed by atoms with Gasteiger partial charge in [0.15, 0.2) is 0 Å². The number of hydrogen-bond acceptors (Lipinski definition) is 4. The molecule has 5 nitrogen and oxygen atoms in total. The van der Waals surface area contributed by atoms with Gasteiger partial charge in [-0.15, -0.1) is 0 Å². The summed E-state index contributed by atoms with van der Waals surface area (Å²) in [7, 11) is 0. The van der Waals surface area contributed by atoms with E-state index in [4.69, 9.17) is 5.73 Å². The van der Waals surface area contributed by atoms with E-state index >= 15 is 0 Å². The van der Waals surface area contributed by atoms with Gasteiger partial charge in [-0.1, -0.05) is 12.1 Å². The molecule has 1 aliphatic rings. The van der Waals surface area contributed by atoms with E-state index in [0.29, 0.717) is 17.3 Å². The Labute approximate surface area is 126 Å². The van der Waals surface area contributed by atoms with Crippen LogP contribution in [-0.4, -0.2) is 41.1 Å². The highest BCUT2D eigenvalue weighted by atomic mass is 16.3. The summed E-state index contributed by atoms with van der Waals surface area (Å²) in [5.74, 6) is 0.310. The second kappa shape index (κ2) is 6.91. The lowest BCUT2D eigenvalue weighted by Crippen LogP contribution is -2.47. The predicted octanol–water partition coefficient (Wildman–Crippen LogP) is 1.69. The molecular formula is C16H25N3O2. The minimum absolute atomic E-state index is 0.0385. The van der Waals surface area contributed by atoms with Gasteiger partial charge >= 0.3 is 0 Å². The lowest BCUT2D eigenvalue weighted by molar-refractivity contribution is -0.121. The molecule has 1 aromatic carbocycles. The quantitative estimate of drug-likeness (QED) is 0.738. The van der Waals surface area contributed by atoms with Crippen molar-refractivity contribution in [1.82, 2.24) is 4.90 Å². The van der Waals surface area contributed by atoms with E-state index in [0.717, 1.165) is 25.9 Å². The van der Waals surface area contributed by atoms with Crippen molar-refractivity contribution in [2.24, 2.45) is 5.92 Å². The zero-order valence-electron chi connectivity index (χ0n) is 12.7. The molecule has 5 heteroatoms. The molecule has 0 saturated carbocycles. The third-order valence-electron chi connectivity index (χ3n) is 4.40. The first-order chi connectivity index (χ1) is 9.99. The summed E-state index contributed by atoms with van der Waals surface area (Å²) in [6, 6.07) is 7.08. The SMILES string of the molecule is CC(O)C1CCN(C(C)C(=O)Nc2ccccc2N)CC1. The Balaban J connectivity index is 1.90. The van der Waals surface area contributed by atoms with E-state index < -0.39 is 0 Å². The van der Waals surface area contributed by atoms with Crippen LogP contribution < -0.4 is 11.1 Å². The van der Waals surface area contributed by atoms with Crippen molar-refractivity contribution in [3.63, 3.8) is 0 Å². The average molecular weight is 291 g/mol. The van der Waals surface area contributed by atoms with Gasteiger partial charge in [0, 0.05) is 0 Å². The fourth-order valence-electron chi connectivity index (χ4n) is 2.80. The summed E-state index contributed by atoms with van der Waals surface area (Å²) in [5, 5.41) is 12.5. The molecule has 116 valence electrons. The summed E-state index contributed by atoms with van der Waals surface area (Å²) in [5.41, 5.74) is 7.08. The molecule has 0 aliphatic carbocycles. The van der Waals surface area contributed by atoms with Crippen molar-refractivity contribution >= 4 is 17.3 Å². The maximum atomic E-state index is 12.3. The monoisotopic (exact) mass is 291 g/mol. The van der Waals surface area contributed by atoms with Crippen LogP contribution in [0.1, 0.15) is 26.7 Å². The first kappa shape index (κ1) is 15.8. The third-order valence-corrected chi connectivity index (χ3v) is 4.40. The Kier molecular flexibility index (Phi) is 5.20. The van der Waals surface area contributed by atoms with Crippen molar-refractivity contribution in [2.45, 2.75) is 38.8 Å². The van der Waals surface area contributed by atoms with Crippen molar-refractivity contribution in [3.8, 4) is 0 Å². The molecule has 21 heavy (non-hydrogen) atoms. The topological polar surface area (TPSA) is 78.6 Å². The van der Waals surface area contributed by atoms with E-state index in [-0.39, 0.29) is 18.1 Å². The number of likely N-dealkylation sites (tertiary alicyclic amines) is 1. The largest absolute Gasteiger partial charge is 0.397 e. The number of para-hydroxylation sites is 2. The number of carbonyl (C=O) groups excluding carboxylic acids is 1. The Morgan fingerprint density at radius 2 is 1.95 bits per heavy atom. The van der Waals surface area contributed by atoms with E-state index in [1.165, 1.54) is 0 Å². The number of benzene rings is 1. The molecule has 0 aromatic heterocycles. The standard InChI is InChI=1S/C16H25N3O2/c1-11(19-9-7-13(8-10-19)12(2)20)16(21)18-15-6-4-3-5-14(15)17/h3-6,11-13,20H,7-10,17H2,1-2H3,(H,18,21). The van der Waals surface area contributed by atoms with Crippen molar-refractivity contribution < 1.29 is 9.90 Å². The fraction of sp³-hybridized carbons (Fsp3) is 0.562. The van der Waals surface area contributed by atoms with Crippen LogP contribution in [0.2, 0.25) is 0 Å². The first-order valence-electron chi connectivity index (χ1n) is 7.56. The molecule has 0 bridgehead atoms. The number of nitrogens with two attached hydrogens (primary N) is 1. The molecule has 1 fully saturated rings. The van der Waals surface area contributed by atoms with E-state index in [9.17, 15) is 9.90 Å². The molecule has 2 atom stereocenters. The highest BCUT2D eigenvalue weighted by molar-refractivity contribution is 5.97. The van der Waals surface area contributed by atoms with Gasteiger partial charge < -0.3 is 16.2 Å². The fourth-order valence-corrected chi connectivity index (χ4v) is 2.80. The summed E-state index contributed by atoms with van der Waals surface area (Å²) in [6.07, 6.45) is 1.60. The van der Waals surface area contributed by atoms with E-state index in [1.807, 2.05) is 26.0 Å². The van der Waals surface area contributed by atoms with Crippen LogP contribution in [0, 0.1) is 5.92 Å². The van der Waals surface area contributed by atoms with Crippen LogP contribution in [0.25, 0.3) is 0 Å². The molecule has 1 aromatic rings. The second-order valence-corrected chi connectivity index (χ2v) is 5.87. The number of rotatable bonds is 4. The maximum Gasteiger partial charge on any atom is 0.241 e. The number of nitrogens with zero attached hydrogens (tertiary/aromatic N) is 1. The van der Waals surface area contributed by atoms with Gasteiger partial charge in [0.2, 0.25) is 5.91 Å². The lowest BCUT2D eigenvalue weighted by atomic mass is 9.91. The molecule has 0 radical (unpaired) electrons. The first-order valence-corrected chi connectivity index (χ1v) is 7.56. The van der Waals surface area contributed by atoms with Gasteiger partial charge in [0.05, 0.1) is 23.5 Å². The van der Waals surface area contributed by atoms with Gasteiger partial charge in [0.1, 0.15) is 0 Å². The zero-order chi connectivity index (χ0) is 15.4. The van der Waals surface area contributed by atoms with Gasteiger partial charge in [-0.25, -0.2) is 0 Å². The van der Waals surface area contributed by atoms with Crippen LogP contribution in [0.15, 0.2) is 24.3 Å². The summed E-state index contributed by atoms with van der Waals surface area (Å²) < 4.78 is 0. The number of aliphatic hydroxyl groups excluding tert-OH is 1. The number of nitrogen functional groups attached to an aromatic ring is 1. The highest BCUT2D eigenvalue weighted by Crippen LogP contribution is 2.23. The van der Waals surface area contributed by atoms with Gasteiger partial charge in [-0.2, -0.15) is 0 Å². The average Bonchev–Trinajstić information content (AvgIpc) is 2.49. The van der Waals surface area contributed by atoms with Crippen molar-refractivity contribution in [2.75, 3.05) is 24.1 Å². The minimum Gasteiger partial charge on any atom is -0.397 e. The molecule has 1 saturated heterocycles. The molecule has 2 unspecified atom stereocenters. The Morgan fingerprint density at radius 1 is 1.33 bits per heavy atom. The van der Waals surface area contributed by atoms with E-state index in [2.05, 4.69) is 10.2 Å².